The van der Waals surface area contributed by atoms with E-state index in [9.17, 15) is 4.79 Å². The summed E-state index contributed by atoms with van der Waals surface area (Å²) < 4.78 is 10.4. The van der Waals surface area contributed by atoms with Crippen LogP contribution in [0.2, 0.25) is 0 Å². The predicted molar refractivity (Wildman–Crippen MR) is 84.2 cm³/mol. The van der Waals surface area contributed by atoms with Crippen molar-refractivity contribution in [2.45, 2.75) is 45.1 Å². The van der Waals surface area contributed by atoms with Gasteiger partial charge in [0.15, 0.2) is 0 Å². The molecule has 2 atom stereocenters. The van der Waals surface area contributed by atoms with Crippen molar-refractivity contribution in [3.8, 4) is 0 Å². The van der Waals surface area contributed by atoms with Gasteiger partial charge >= 0.3 is 5.97 Å². The van der Waals surface area contributed by atoms with Crippen molar-refractivity contribution >= 4 is 17.7 Å². The van der Waals surface area contributed by atoms with E-state index < -0.39 is 5.54 Å². The van der Waals surface area contributed by atoms with E-state index in [1.165, 1.54) is 0 Å². The van der Waals surface area contributed by atoms with Crippen LogP contribution in [0.5, 0.6) is 0 Å². The zero-order valence-corrected chi connectivity index (χ0v) is 13.9. The molecule has 1 fully saturated rings. The van der Waals surface area contributed by atoms with E-state index in [4.69, 9.17) is 9.47 Å². The average Bonchev–Trinajstić information content (AvgIpc) is 2.83. The van der Waals surface area contributed by atoms with Crippen LogP contribution in [0.25, 0.3) is 0 Å². The minimum Gasteiger partial charge on any atom is -0.465 e. The summed E-state index contributed by atoms with van der Waals surface area (Å²) in [7, 11) is 1.73. The summed E-state index contributed by atoms with van der Waals surface area (Å²) in [4.78, 5) is 12.4. The number of ether oxygens (including phenoxy) is 2. The highest BCUT2D eigenvalue weighted by atomic mass is 32.2. The van der Waals surface area contributed by atoms with Crippen LogP contribution < -0.4 is 5.32 Å². The first-order chi connectivity index (χ1) is 9.71. The molecule has 20 heavy (non-hydrogen) atoms. The van der Waals surface area contributed by atoms with Crippen LogP contribution in [0.15, 0.2) is 0 Å². The Bertz CT molecular complexity index is 288. The van der Waals surface area contributed by atoms with Crippen molar-refractivity contribution in [1.82, 2.24) is 5.32 Å². The summed E-state index contributed by atoms with van der Waals surface area (Å²) in [6.07, 6.45) is 4.21. The second-order valence-electron chi connectivity index (χ2n) is 5.21. The molecule has 0 spiro atoms. The number of carbonyl (C=O) groups excluding carboxylic acids is 1. The van der Waals surface area contributed by atoms with E-state index in [1.54, 1.807) is 7.11 Å². The first-order valence-corrected chi connectivity index (χ1v) is 8.85. The molecule has 1 N–H and O–H groups in total. The lowest BCUT2D eigenvalue weighted by molar-refractivity contribution is -0.153. The molecule has 0 amide bonds. The highest BCUT2D eigenvalue weighted by molar-refractivity contribution is 7.99. The van der Waals surface area contributed by atoms with Gasteiger partial charge in [0.05, 0.1) is 13.2 Å². The van der Waals surface area contributed by atoms with Crippen LogP contribution in [-0.4, -0.2) is 49.9 Å². The Balaban J connectivity index is 2.55. The van der Waals surface area contributed by atoms with Gasteiger partial charge in [-0.15, -0.1) is 0 Å². The van der Waals surface area contributed by atoms with Crippen LogP contribution in [0.4, 0.5) is 0 Å². The first kappa shape index (κ1) is 17.8. The van der Waals surface area contributed by atoms with Crippen molar-refractivity contribution in [2.24, 2.45) is 5.92 Å². The molecule has 0 saturated heterocycles. The molecule has 1 rings (SSSR count). The summed E-state index contributed by atoms with van der Waals surface area (Å²) in [6, 6.07) is 0. The minimum atomic E-state index is -0.438. The summed E-state index contributed by atoms with van der Waals surface area (Å²) in [5.74, 6) is 2.46. The molecule has 4 nitrogen and oxygen atoms in total. The molecule has 0 heterocycles. The molecule has 5 heteroatoms. The fraction of sp³-hybridized carbons (Fsp3) is 0.933. The molecule has 1 saturated carbocycles. The van der Waals surface area contributed by atoms with E-state index in [0.29, 0.717) is 12.5 Å². The Hall–Kier alpha value is -0.260. The average molecular weight is 303 g/mol. The Morgan fingerprint density at radius 3 is 2.85 bits per heavy atom. The maximum absolute atomic E-state index is 12.4. The van der Waals surface area contributed by atoms with E-state index in [1.807, 2.05) is 18.7 Å². The third-order valence-electron chi connectivity index (χ3n) is 3.99. The van der Waals surface area contributed by atoms with Gasteiger partial charge in [-0.2, -0.15) is 11.8 Å². The van der Waals surface area contributed by atoms with Gasteiger partial charge in [-0.25, -0.2) is 0 Å². The van der Waals surface area contributed by atoms with Crippen LogP contribution >= 0.6 is 11.8 Å². The molecule has 0 aromatic heterocycles. The van der Waals surface area contributed by atoms with Crippen molar-refractivity contribution in [2.75, 3.05) is 38.4 Å². The van der Waals surface area contributed by atoms with Gasteiger partial charge in [-0.1, -0.05) is 13.3 Å². The lowest BCUT2D eigenvalue weighted by Crippen LogP contribution is -2.55. The number of nitrogens with one attached hydrogen (secondary N) is 1. The van der Waals surface area contributed by atoms with Crippen LogP contribution in [0.1, 0.15) is 39.5 Å². The lowest BCUT2D eigenvalue weighted by atomic mass is 9.85. The number of rotatable bonds is 10. The Kier molecular flexibility index (Phi) is 8.57. The van der Waals surface area contributed by atoms with Crippen molar-refractivity contribution in [1.29, 1.82) is 0 Å². The van der Waals surface area contributed by atoms with E-state index in [0.717, 1.165) is 50.3 Å². The van der Waals surface area contributed by atoms with Gasteiger partial charge in [0, 0.05) is 12.9 Å². The fourth-order valence-electron chi connectivity index (χ4n) is 3.09. The standard InChI is InChI=1S/C15H29NO3S/c1-4-16-15(14(17)19-5-2)9-6-7-13(15)8-11-20-12-10-18-3/h13,16H,4-12H2,1-3H3. The third-order valence-corrected chi connectivity index (χ3v) is 4.97. The first-order valence-electron chi connectivity index (χ1n) is 7.70. The predicted octanol–water partition coefficient (Wildman–Crippen LogP) is 2.47. The monoisotopic (exact) mass is 303 g/mol. The lowest BCUT2D eigenvalue weighted by Gasteiger charge is -2.34. The fourth-order valence-corrected chi connectivity index (χ4v) is 4.03. The van der Waals surface area contributed by atoms with Crippen molar-refractivity contribution < 1.29 is 14.3 Å². The molecule has 118 valence electrons. The molecule has 0 radical (unpaired) electrons. The van der Waals surface area contributed by atoms with Gasteiger partial charge in [0.1, 0.15) is 5.54 Å². The maximum atomic E-state index is 12.4. The molecular formula is C15H29NO3S. The van der Waals surface area contributed by atoms with Crippen LogP contribution in [-0.2, 0) is 14.3 Å². The normalized spacial score (nSPS) is 25.9. The number of likely N-dealkylation sites (N-methyl/N-ethyl adjacent to an activating group) is 1. The number of hydrogen-bond donors (Lipinski definition) is 1. The Labute approximate surface area is 127 Å². The van der Waals surface area contributed by atoms with Crippen LogP contribution in [0, 0.1) is 5.92 Å². The van der Waals surface area contributed by atoms with Gasteiger partial charge in [0.2, 0.25) is 0 Å². The second kappa shape index (κ2) is 9.64. The molecule has 0 bridgehead atoms. The number of hydrogen-bond acceptors (Lipinski definition) is 5. The van der Waals surface area contributed by atoms with Crippen molar-refractivity contribution in [3.05, 3.63) is 0 Å². The van der Waals surface area contributed by atoms with E-state index in [-0.39, 0.29) is 5.97 Å². The SMILES string of the molecule is CCNC1(C(=O)OCC)CCCC1CCSCCOC. The highest BCUT2D eigenvalue weighted by Gasteiger charge is 2.49. The molecule has 0 aromatic carbocycles. The highest BCUT2D eigenvalue weighted by Crippen LogP contribution is 2.39. The van der Waals surface area contributed by atoms with E-state index >= 15 is 0 Å². The molecule has 1 aliphatic rings. The minimum absolute atomic E-state index is 0.0498. The summed E-state index contributed by atoms with van der Waals surface area (Å²) in [5, 5.41) is 3.44. The zero-order valence-electron chi connectivity index (χ0n) is 13.1. The summed E-state index contributed by atoms with van der Waals surface area (Å²) >= 11 is 1.90. The Morgan fingerprint density at radius 2 is 2.20 bits per heavy atom. The molecule has 2 unspecified atom stereocenters. The molecule has 1 aliphatic carbocycles. The number of thioether (sulfide) groups is 1. The zero-order chi connectivity index (χ0) is 14.8. The van der Waals surface area contributed by atoms with Crippen LogP contribution in [0.3, 0.4) is 0 Å². The third kappa shape index (κ3) is 4.64. The summed E-state index contributed by atoms with van der Waals surface area (Å²) in [6.45, 7) is 6.00. The largest absolute Gasteiger partial charge is 0.465 e. The van der Waals surface area contributed by atoms with Gasteiger partial charge in [0.25, 0.3) is 0 Å². The Morgan fingerprint density at radius 1 is 1.40 bits per heavy atom. The number of methoxy groups -OCH3 is 1. The van der Waals surface area contributed by atoms with Gasteiger partial charge < -0.3 is 14.8 Å². The second-order valence-corrected chi connectivity index (χ2v) is 6.43. The number of carbonyl (C=O) groups is 1. The van der Waals surface area contributed by atoms with E-state index in [2.05, 4.69) is 12.2 Å². The molecule has 0 aliphatic heterocycles. The molecular weight excluding hydrogens is 274 g/mol. The molecule has 0 aromatic rings. The van der Waals surface area contributed by atoms with Gasteiger partial charge in [-0.05, 0) is 44.4 Å². The topological polar surface area (TPSA) is 47.6 Å². The summed E-state index contributed by atoms with van der Waals surface area (Å²) in [5.41, 5.74) is -0.438. The smallest absolute Gasteiger partial charge is 0.326 e. The van der Waals surface area contributed by atoms with Crippen molar-refractivity contribution in [3.63, 3.8) is 0 Å². The number of esters is 1. The quantitative estimate of drug-likeness (QED) is 0.496. The van der Waals surface area contributed by atoms with Gasteiger partial charge in [-0.3, -0.25) is 4.79 Å². The maximum Gasteiger partial charge on any atom is 0.326 e.